The van der Waals surface area contributed by atoms with E-state index in [2.05, 4.69) is 38.7 Å². The highest BCUT2D eigenvalue weighted by Crippen LogP contribution is 2.35. The van der Waals surface area contributed by atoms with Crippen LogP contribution in [0.1, 0.15) is 0 Å². The van der Waals surface area contributed by atoms with E-state index in [1.54, 1.807) is 35.6 Å². The van der Waals surface area contributed by atoms with Crippen molar-refractivity contribution in [3.05, 3.63) is 48.9 Å². The minimum Gasteiger partial charge on any atom is -0.339 e. The van der Waals surface area contributed by atoms with Crippen molar-refractivity contribution in [2.75, 3.05) is 11.6 Å². The predicted octanol–water partition coefficient (Wildman–Crippen LogP) is 4.71. The Hall–Kier alpha value is -2.18. The van der Waals surface area contributed by atoms with Crippen molar-refractivity contribution in [2.45, 2.75) is 4.90 Å². The molecule has 0 spiro atoms. The van der Waals surface area contributed by atoms with Gasteiger partial charge in [0.05, 0.1) is 10.2 Å². The smallest absolute Gasteiger partial charge is 0.151 e. The summed E-state index contributed by atoms with van der Waals surface area (Å²) in [5.41, 5.74) is 1.98. The number of hydrogen-bond donors (Lipinski definition) is 1. The molecule has 6 heteroatoms. The van der Waals surface area contributed by atoms with Crippen LogP contribution in [0.15, 0.2) is 53.8 Å². The molecular formula is C16H12N4S2. The molecule has 0 amide bonds. The van der Waals surface area contributed by atoms with Gasteiger partial charge in [-0.1, -0.05) is 6.07 Å². The number of nitrogens with one attached hydrogen (secondary N) is 1. The first-order valence-corrected chi connectivity index (χ1v) is 8.78. The molecule has 3 aromatic heterocycles. The van der Waals surface area contributed by atoms with Crippen molar-refractivity contribution < 1.29 is 0 Å². The number of aromatic nitrogens is 3. The Balaban J connectivity index is 1.84. The number of pyridine rings is 1. The highest BCUT2D eigenvalue weighted by atomic mass is 32.2. The highest BCUT2D eigenvalue weighted by molar-refractivity contribution is 7.98. The zero-order chi connectivity index (χ0) is 14.9. The summed E-state index contributed by atoms with van der Waals surface area (Å²) in [6, 6.07) is 12.3. The van der Waals surface area contributed by atoms with E-state index < -0.39 is 0 Å². The van der Waals surface area contributed by atoms with Crippen LogP contribution < -0.4 is 5.32 Å². The van der Waals surface area contributed by atoms with Gasteiger partial charge < -0.3 is 5.32 Å². The molecule has 22 heavy (non-hydrogen) atoms. The Kier molecular flexibility index (Phi) is 3.40. The largest absolute Gasteiger partial charge is 0.339 e. The number of rotatable bonds is 3. The van der Waals surface area contributed by atoms with Crippen molar-refractivity contribution in [2.24, 2.45) is 0 Å². The molecule has 4 rings (SSSR count). The monoisotopic (exact) mass is 324 g/mol. The lowest BCUT2D eigenvalue weighted by atomic mass is 10.3. The van der Waals surface area contributed by atoms with E-state index in [1.807, 2.05) is 24.3 Å². The van der Waals surface area contributed by atoms with Gasteiger partial charge in [-0.05, 0) is 36.6 Å². The van der Waals surface area contributed by atoms with Crippen molar-refractivity contribution in [1.82, 2.24) is 15.0 Å². The molecule has 0 unspecified atom stereocenters. The Morgan fingerprint density at radius 1 is 1.09 bits per heavy atom. The Bertz CT molecular complexity index is 965. The maximum Gasteiger partial charge on any atom is 0.151 e. The van der Waals surface area contributed by atoms with Crippen LogP contribution in [-0.2, 0) is 0 Å². The number of nitrogens with zero attached hydrogens (tertiary/aromatic N) is 3. The summed E-state index contributed by atoms with van der Waals surface area (Å²) in [4.78, 5) is 15.4. The third-order valence-electron chi connectivity index (χ3n) is 3.36. The normalized spacial score (nSPS) is 11.1. The van der Waals surface area contributed by atoms with Crippen LogP contribution in [0.3, 0.4) is 0 Å². The van der Waals surface area contributed by atoms with E-state index in [0.29, 0.717) is 0 Å². The van der Waals surface area contributed by atoms with E-state index in [4.69, 9.17) is 0 Å². The zero-order valence-corrected chi connectivity index (χ0v) is 13.4. The van der Waals surface area contributed by atoms with Crippen LogP contribution in [0.5, 0.6) is 0 Å². The third-order valence-corrected chi connectivity index (χ3v) is 5.20. The van der Waals surface area contributed by atoms with Crippen molar-refractivity contribution in [1.29, 1.82) is 0 Å². The van der Waals surface area contributed by atoms with Gasteiger partial charge in [0.2, 0.25) is 0 Å². The molecule has 108 valence electrons. The first-order valence-electron chi connectivity index (χ1n) is 6.74. The van der Waals surface area contributed by atoms with E-state index in [0.717, 1.165) is 31.9 Å². The molecule has 0 saturated heterocycles. The van der Waals surface area contributed by atoms with Crippen molar-refractivity contribution >= 4 is 55.0 Å². The van der Waals surface area contributed by atoms with Gasteiger partial charge in [0.25, 0.3) is 0 Å². The van der Waals surface area contributed by atoms with E-state index in [9.17, 15) is 0 Å². The number of anilines is 2. The van der Waals surface area contributed by atoms with Gasteiger partial charge in [0.15, 0.2) is 5.82 Å². The summed E-state index contributed by atoms with van der Waals surface area (Å²) in [5, 5.41) is 4.48. The predicted molar refractivity (Wildman–Crippen MR) is 94.2 cm³/mol. The summed E-state index contributed by atoms with van der Waals surface area (Å²) in [7, 11) is 0. The molecule has 0 saturated carbocycles. The standard InChI is InChI=1S/C16H12N4S2/c1-21-11-5-2-4-10(8-11)20-15-14-13(18-9-19-15)12-6-3-7-17-16(12)22-14/h2-9H,1H3,(H,18,19,20). The van der Waals surface area contributed by atoms with E-state index in [1.165, 1.54) is 4.90 Å². The van der Waals surface area contributed by atoms with Gasteiger partial charge in [-0.3, -0.25) is 0 Å². The fourth-order valence-corrected chi connectivity index (χ4v) is 3.84. The van der Waals surface area contributed by atoms with Crippen LogP contribution in [-0.4, -0.2) is 21.2 Å². The molecular weight excluding hydrogens is 312 g/mol. The molecule has 0 aliphatic rings. The van der Waals surface area contributed by atoms with Gasteiger partial charge in [-0.15, -0.1) is 23.1 Å². The maximum absolute atomic E-state index is 4.42. The molecule has 0 bridgehead atoms. The first kappa shape index (κ1) is 13.5. The number of benzene rings is 1. The number of thioether (sulfide) groups is 1. The summed E-state index contributed by atoms with van der Waals surface area (Å²) in [6.45, 7) is 0. The van der Waals surface area contributed by atoms with E-state index >= 15 is 0 Å². The summed E-state index contributed by atoms with van der Waals surface area (Å²) >= 11 is 3.33. The topological polar surface area (TPSA) is 50.7 Å². The molecule has 1 aromatic carbocycles. The molecule has 3 heterocycles. The van der Waals surface area contributed by atoms with Gasteiger partial charge in [-0.2, -0.15) is 0 Å². The quantitative estimate of drug-likeness (QED) is 0.553. The lowest BCUT2D eigenvalue weighted by molar-refractivity contribution is 1.23. The maximum atomic E-state index is 4.42. The first-order chi connectivity index (χ1) is 10.8. The molecule has 0 radical (unpaired) electrons. The average molecular weight is 324 g/mol. The second-order valence-electron chi connectivity index (χ2n) is 4.72. The second-order valence-corrected chi connectivity index (χ2v) is 6.59. The van der Waals surface area contributed by atoms with E-state index in [-0.39, 0.29) is 0 Å². The average Bonchev–Trinajstić information content (AvgIpc) is 2.95. The zero-order valence-electron chi connectivity index (χ0n) is 11.8. The van der Waals surface area contributed by atoms with Crippen molar-refractivity contribution in [3.63, 3.8) is 0 Å². The van der Waals surface area contributed by atoms with Gasteiger partial charge >= 0.3 is 0 Å². The lowest BCUT2D eigenvalue weighted by Crippen LogP contribution is -1.94. The number of fused-ring (bicyclic) bond motifs is 3. The van der Waals surface area contributed by atoms with Crippen LogP contribution in [0.2, 0.25) is 0 Å². The Morgan fingerprint density at radius 3 is 2.95 bits per heavy atom. The molecule has 0 aliphatic heterocycles. The Morgan fingerprint density at radius 2 is 2.05 bits per heavy atom. The SMILES string of the molecule is CSc1cccc(Nc2ncnc3c2sc2ncccc23)c1. The minimum absolute atomic E-state index is 0.825. The fraction of sp³-hybridized carbons (Fsp3) is 0.0625. The summed E-state index contributed by atoms with van der Waals surface area (Å²) in [6.07, 6.45) is 5.47. The number of hydrogen-bond acceptors (Lipinski definition) is 6. The Labute approximate surface area is 135 Å². The van der Waals surface area contributed by atoms with Gasteiger partial charge in [0, 0.05) is 22.2 Å². The summed E-state index contributed by atoms with van der Waals surface area (Å²) in [5.74, 6) is 0.825. The third kappa shape index (κ3) is 2.30. The lowest BCUT2D eigenvalue weighted by Gasteiger charge is -2.07. The second kappa shape index (κ2) is 5.55. The van der Waals surface area contributed by atoms with Gasteiger partial charge in [0.1, 0.15) is 11.2 Å². The highest BCUT2D eigenvalue weighted by Gasteiger charge is 2.11. The number of thiophene rings is 1. The van der Waals surface area contributed by atoms with Crippen LogP contribution in [0.4, 0.5) is 11.5 Å². The molecule has 0 fully saturated rings. The summed E-state index contributed by atoms with van der Waals surface area (Å²) < 4.78 is 1.03. The van der Waals surface area contributed by atoms with Crippen LogP contribution >= 0.6 is 23.1 Å². The molecule has 0 aliphatic carbocycles. The molecule has 0 atom stereocenters. The molecule has 4 nitrogen and oxygen atoms in total. The minimum atomic E-state index is 0.825. The van der Waals surface area contributed by atoms with Crippen LogP contribution in [0.25, 0.3) is 20.4 Å². The molecule has 4 aromatic rings. The molecule has 1 N–H and O–H groups in total. The fourth-order valence-electron chi connectivity index (χ4n) is 2.34. The van der Waals surface area contributed by atoms with Crippen molar-refractivity contribution in [3.8, 4) is 0 Å². The van der Waals surface area contributed by atoms with Crippen LogP contribution in [0, 0.1) is 0 Å². The van der Waals surface area contributed by atoms with Gasteiger partial charge in [-0.25, -0.2) is 15.0 Å².